The zero-order valence-corrected chi connectivity index (χ0v) is 24.4. The molecule has 0 radical (unpaired) electrons. The van der Waals surface area contributed by atoms with Gasteiger partial charge in [0.2, 0.25) is 0 Å². The number of fused-ring (bicyclic) bond motifs is 1. The summed E-state index contributed by atoms with van der Waals surface area (Å²) in [6.07, 6.45) is 1.94. The number of aromatic nitrogens is 2. The lowest BCUT2D eigenvalue weighted by Crippen LogP contribution is -2.36. The van der Waals surface area contributed by atoms with Gasteiger partial charge in [0, 0.05) is 6.54 Å². The smallest absolute Gasteiger partial charge is 0.378 e. The number of aliphatic hydroxyl groups is 1. The molecule has 1 atom stereocenters. The highest BCUT2D eigenvalue weighted by molar-refractivity contribution is 5.82. The molecule has 3 aromatic rings. The Bertz CT molecular complexity index is 1650. The van der Waals surface area contributed by atoms with Crippen LogP contribution in [0, 0.1) is 5.41 Å². The summed E-state index contributed by atoms with van der Waals surface area (Å²) in [6.45, 7) is 4.77. The van der Waals surface area contributed by atoms with Crippen molar-refractivity contribution in [2.45, 2.75) is 83.0 Å². The molecular weight excluding hydrogens is 555 g/mol. The Labute approximate surface area is 248 Å². The second-order valence-electron chi connectivity index (χ2n) is 13.0. The number of H-pyrrole nitrogens is 1. The number of rotatable bonds is 5. The monoisotopic (exact) mass is 591 g/mol. The Morgan fingerprint density at radius 1 is 1.07 bits per heavy atom. The third kappa shape index (κ3) is 5.79. The number of aliphatic hydroxyl groups excluding tert-OH is 1. The van der Waals surface area contributed by atoms with Crippen molar-refractivity contribution in [1.82, 2.24) is 14.9 Å². The number of nitrogens with one attached hydrogen (secondary N) is 1. The fraction of sp³-hybridized carbons (Fsp3) is 0.441. The Kier molecular flexibility index (Phi) is 7.35. The summed E-state index contributed by atoms with van der Waals surface area (Å²) in [4.78, 5) is 36.0. The molecule has 3 aliphatic rings. The fourth-order valence-electron chi connectivity index (χ4n) is 6.38. The maximum atomic E-state index is 13.5. The molecule has 1 unspecified atom stereocenters. The summed E-state index contributed by atoms with van der Waals surface area (Å²) in [5.74, 6) is -0.109. The normalized spacial score (nSPS) is 20.0. The van der Waals surface area contributed by atoms with Gasteiger partial charge in [0.05, 0.1) is 28.8 Å². The molecule has 2 N–H and O–H groups in total. The van der Waals surface area contributed by atoms with Crippen molar-refractivity contribution in [3.8, 4) is 0 Å². The first kappa shape index (κ1) is 29.4. The van der Waals surface area contributed by atoms with E-state index in [0.29, 0.717) is 35.3 Å². The number of allylic oxidation sites excluding steroid dienone is 2. The molecule has 2 heterocycles. The Hall–Kier alpha value is -3.72. The highest BCUT2D eigenvalue weighted by Gasteiger charge is 2.49. The summed E-state index contributed by atoms with van der Waals surface area (Å²) in [5, 5.41) is 10.7. The van der Waals surface area contributed by atoms with Crippen LogP contribution in [0.25, 0.3) is 5.57 Å². The minimum Gasteiger partial charge on any atom is -0.378 e. The van der Waals surface area contributed by atoms with Crippen LogP contribution in [-0.2, 0) is 29.4 Å². The number of aryl methyl sites for hydroxylation is 1. The van der Waals surface area contributed by atoms with E-state index in [1.165, 1.54) is 28.2 Å². The Morgan fingerprint density at radius 3 is 2.53 bits per heavy atom. The van der Waals surface area contributed by atoms with Gasteiger partial charge in [0.25, 0.3) is 11.5 Å². The molecule has 1 aromatic heterocycles. The molecule has 1 aliphatic heterocycles. The third-order valence-electron chi connectivity index (χ3n) is 9.33. The number of hydrogen-bond donors (Lipinski definition) is 2. The van der Waals surface area contributed by atoms with E-state index >= 15 is 0 Å². The van der Waals surface area contributed by atoms with E-state index in [0.717, 1.165) is 49.8 Å². The van der Waals surface area contributed by atoms with Gasteiger partial charge in [-0.3, -0.25) is 9.59 Å². The molecule has 0 saturated heterocycles. The molecule has 1 fully saturated rings. The van der Waals surface area contributed by atoms with Crippen LogP contribution in [0.5, 0.6) is 0 Å². The van der Waals surface area contributed by atoms with Gasteiger partial charge in [0.1, 0.15) is 5.82 Å². The number of benzene rings is 2. The zero-order chi connectivity index (χ0) is 30.6. The SMILES string of the molecule is CC1(C)CC=C(c2cccc(C3(c4nc5c(c(=O)[nH]4)CN(C(=O)C(O)c4cccc(C(F)(F)F)c4)CCC5)CC3)c2)CC1. The van der Waals surface area contributed by atoms with Crippen molar-refractivity contribution in [2.24, 2.45) is 5.41 Å². The molecule has 1 amide bonds. The van der Waals surface area contributed by atoms with Crippen LogP contribution in [0.3, 0.4) is 0 Å². The van der Waals surface area contributed by atoms with Crippen molar-refractivity contribution in [1.29, 1.82) is 0 Å². The average Bonchev–Trinajstić information content (AvgIpc) is 3.81. The van der Waals surface area contributed by atoms with E-state index in [4.69, 9.17) is 4.98 Å². The molecule has 226 valence electrons. The second kappa shape index (κ2) is 10.8. The van der Waals surface area contributed by atoms with Crippen LogP contribution < -0.4 is 5.56 Å². The highest BCUT2D eigenvalue weighted by Crippen LogP contribution is 2.52. The average molecular weight is 592 g/mol. The van der Waals surface area contributed by atoms with Crippen LogP contribution in [0.15, 0.2) is 59.4 Å². The Balaban J connectivity index is 1.24. The molecule has 0 bridgehead atoms. The largest absolute Gasteiger partial charge is 0.416 e. The maximum Gasteiger partial charge on any atom is 0.416 e. The topological polar surface area (TPSA) is 86.3 Å². The minimum absolute atomic E-state index is 0.0697. The van der Waals surface area contributed by atoms with Crippen LogP contribution in [0.2, 0.25) is 0 Å². The van der Waals surface area contributed by atoms with Crippen molar-refractivity contribution < 1.29 is 23.1 Å². The van der Waals surface area contributed by atoms with Gasteiger partial charge < -0.3 is 15.0 Å². The zero-order valence-electron chi connectivity index (χ0n) is 24.4. The molecule has 2 aliphatic carbocycles. The molecule has 9 heteroatoms. The van der Waals surface area contributed by atoms with Gasteiger partial charge in [0.15, 0.2) is 6.10 Å². The first-order valence-electron chi connectivity index (χ1n) is 14.9. The van der Waals surface area contributed by atoms with Crippen molar-refractivity contribution in [3.63, 3.8) is 0 Å². The van der Waals surface area contributed by atoms with Crippen molar-refractivity contribution in [2.75, 3.05) is 6.54 Å². The summed E-state index contributed by atoms with van der Waals surface area (Å²) < 4.78 is 39.6. The molecular formula is C34H36F3N3O3. The van der Waals surface area contributed by atoms with Gasteiger partial charge in [-0.15, -0.1) is 0 Å². The summed E-state index contributed by atoms with van der Waals surface area (Å²) in [5.41, 5.74) is 3.24. The lowest BCUT2D eigenvalue weighted by molar-refractivity contribution is -0.142. The maximum absolute atomic E-state index is 13.5. The molecule has 0 spiro atoms. The number of nitrogens with zero attached hydrogens (tertiary/aromatic N) is 2. The lowest BCUT2D eigenvalue weighted by atomic mass is 9.76. The van der Waals surface area contributed by atoms with Crippen molar-refractivity contribution in [3.05, 3.63) is 104 Å². The van der Waals surface area contributed by atoms with Crippen LogP contribution in [-0.4, -0.2) is 32.4 Å². The quantitative estimate of drug-likeness (QED) is 0.356. The van der Waals surface area contributed by atoms with E-state index < -0.39 is 23.8 Å². The molecule has 2 aromatic carbocycles. The number of carbonyl (C=O) groups is 1. The fourth-order valence-corrected chi connectivity index (χ4v) is 6.38. The van der Waals surface area contributed by atoms with Gasteiger partial charge in [-0.1, -0.05) is 56.3 Å². The highest BCUT2D eigenvalue weighted by atomic mass is 19.4. The molecule has 6 rings (SSSR count). The predicted octanol–water partition coefficient (Wildman–Crippen LogP) is 6.47. The van der Waals surface area contributed by atoms with E-state index in [2.05, 4.69) is 49.2 Å². The lowest BCUT2D eigenvalue weighted by Gasteiger charge is -2.29. The van der Waals surface area contributed by atoms with Crippen LogP contribution in [0.4, 0.5) is 13.2 Å². The predicted molar refractivity (Wildman–Crippen MR) is 157 cm³/mol. The number of halogens is 3. The summed E-state index contributed by atoms with van der Waals surface area (Å²) in [7, 11) is 0. The van der Waals surface area contributed by atoms with Gasteiger partial charge in [-0.2, -0.15) is 13.2 Å². The number of carbonyl (C=O) groups excluding carboxylic acids is 1. The van der Waals surface area contributed by atoms with E-state index in [9.17, 15) is 27.9 Å². The Morgan fingerprint density at radius 2 is 1.84 bits per heavy atom. The minimum atomic E-state index is -4.60. The van der Waals surface area contributed by atoms with E-state index in [-0.39, 0.29) is 29.6 Å². The second-order valence-corrected chi connectivity index (χ2v) is 13.0. The van der Waals surface area contributed by atoms with E-state index in [1.807, 2.05) is 0 Å². The van der Waals surface area contributed by atoms with Crippen molar-refractivity contribution >= 4 is 11.5 Å². The molecule has 6 nitrogen and oxygen atoms in total. The number of amides is 1. The standard InChI is InChI=1S/C34H36F3N3O3/c1-32(2)13-11-21(12-14-32)22-6-3-8-24(18-22)33(15-16-33)31-38-27-10-5-17-40(20-26(27)29(42)39-31)30(43)28(41)23-7-4-9-25(19-23)34(35,36)37/h3-4,6-9,11,18-19,28,41H,5,10,12-17,20H2,1-2H3,(H,38,39,42). The van der Waals surface area contributed by atoms with E-state index in [1.54, 1.807) is 0 Å². The van der Waals surface area contributed by atoms with Gasteiger partial charge in [-0.05, 0) is 84.8 Å². The third-order valence-corrected chi connectivity index (χ3v) is 9.33. The molecule has 1 saturated carbocycles. The van der Waals surface area contributed by atoms with Gasteiger partial charge >= 0.3 is 6.18 Å². The number of aromatic amines is 1. The summed E-state index contributed by atoms with van der Waals surface area (Å²) >= 11 is 0. The number of alkyl halides is 3. The first-order chi connectivity index (χ1) is 20.4. The molecule has 43 heavy (non-hydrogen) atoms. The van der Waals surface area contributed by atoms with Crippen LogP contribution >= 0.6 is 0 Å². The first-order valence-corrected chi connectivity index (χ1v) is 14.9. The van der Waals surface area contributed by atoms with Crippen LogP contribution in [0.1, 0.15) is 97.8 Å². The number of hydrogen-bond acceptors (Lipinski definition) is 4. The summed E-state index contributed by atoms with van der Waals surface area (Å²) in [6, 6.07) is 12.7. The van der Waals surface area contributed by atoms with Gasteiger partial charge in [-0.25, -0.2) is 4.98 Å².